The van der Waals surface area contributed by atoms with E-state index in [0.29, 0.717) is 18.4 Å². The van der Waals surface area contributed by atoms with Gasteiger partial charge in [0.15, 0.2) is 0 Å². The molecule has 0 aliphatic rings. The van der Waals surface area contributed by atoms with Crippen LogP contribution < -0.4 is 5.32 Å². The topological polar surface area (TPSA) is 69.6 Å². The maximum Gasteiger partial charge on any atom is 0.317 e. The number of nitrogens with one attached hydrogen (secondary N) is 1. The van der Waals surface area contributed by atoms with Crippen LogP contribution in [0.5, 0.6) is 0 Å². The van der Waals surface area contributed by atoms with Gasteiger partial charge in [-0.25, -0.2) is 4.79 Å². The largest absolute Gasteiger partial charge is 0.481 e. The minimum atomic E-state index is -0.826. The van der Waals surface area contributed by atoms with Crippen molar-refractivity contribution < 1.29 is 14.7 Å². The summed E-state index contributed by atoms with van der Waals surface area (Å²) in [6, 6.07) is -0.0754. The number of hydrogen-bond donors (Lipinski definition) is 2. The summed E-state index contributed by atoms with van der Waals surface area (Å²) in [6.07, 6.45) is 2.05. The molecule has 0 aromatic heterocycles. The van der Waals surface area contributed by atoms with Crippen LogP contribution in [0.25, 0.3) is 0 Å². The number of carbonyl (C=O) groups excluding carboxylic acids is 1. The molecule has 0 spiro atoms. The van der Waals surface area contributed by atoms with E-state index in [4.69, 9.17) is 5.11 Å². The van der Waals surface area contributed by atoms with Gasteiger partial charge in [0.1, 0.15) is 0 Å². The van der Waals surface area contributed by atoms with Crippen molar-refractivity contribution in [2.24, 2.45) is 17.8 Å². The number of hydrogen-bond acceptors (Lipinski definition) is 2. The van der Waals surface area contributed by atoms with E-state index in [1.165, 1.54) is 0 Å². The standard InChI is InChI=1S/C16H32N2O3/c1-12(2)6-8-18(9-7-13(3)4)16(21)17-11-14(5)10-15(19)20/h12-14H,6-11H2,1-5H3,(H,17,21)(H,19,20). The van der Waals surface area contributed by atoms with E-state index < -0.39 is 5.97 Å². The van der Waals surface area contributed by atoms with E-state index in [1.807, 2.05) is 11.8 Å². The highest BCUT2D eigenvalue weighted by molar-refractivity contribution is 5.74. The second-order valence-corrected chi connectivity index (χ2v) is 6.74. The molecule has 2 amide bonds. The van der Waals surface area contributed by atoms with Crippen LogP contribution in [0.3, 0.4) is 0 Å². The fraction of sp³-hybridized carbons (Fsp3) is 0.875. The third kappa shape index (κ3) is 11.1. The molecule has 0 aromatic carbocycles. The second-order valence-electron chi connectivity index (χ2n) is 6.74. The zero-order valence-corrected chi connectivity index (χ0v) is 14.2. The third-order valence-electron chi connectivity index (χ3n) is 3.36. The fourth-order valence-corrected chi connectivity index (χ4v) is 1.89. The van der Waals surface area contributed by atoms with Gasteiger partial charge in [-0.1, -0.05) is 34.6 Å². The van der Waals surface area contributed by atoms with Gasteiger partial charge in [0.25, 0.3) is 0 Å². The summed E-state index contributed by atoms with van der Waals surface area (Å²) in [6.45, 7) is 12.3. The SMILES string of the molecule is CC(C)CCN(CCC(C)C)C(=O)NCC(C)CC(=O)O. The first-order valence-electron chi connectivity index (χ1n) is 7.96. The van der Waals surface area contributed by atoms with Gasteiger partial charge in [0.05, 0.1) is 0 Å². The molecule has 0 aromatic rings. The normalized spacial score (nSPS) is 12.5. The van der Waals surface area contributed by atoms with Crippen LogP contribution in [0, 0.1) is 17.8 Å². The van der Waals surface area contributed by atoms with Gasteiger partial charge >= 0.3 is 12.0 Å². The summed E-state index contributed by atoms with van der Waals surface area (Å²) in [7, 11) is 0. The lowest BCUT2D eigenvalue weighted by Gasteiger charge is -2.25. The maximum atomic E-state index is 12.2. The summed E-state index contributed by atoms with van der Waals surface area (Å²) < 4.78 is 0. The second kappa shape index (κ2) is 10.5. The minimum absolute atomic E-state index is 0.0523. The summed E-state index contributed by atoms with van der Waals surface area (Å²) in [5.41, 5.74) is 0. The Balaban J connectivity index is 4.31. The highest BCUT2D eigenvalue weighted by atomic mass is 16.4. The molecule has 0 rings (SSSR count). The van der Waals surface area contributed by atoms with Gasteiger partial charge in [0, 0.05) is 26.1 Å². The molecule has 0 aliphatic heterocycles. The molecule has 0 aliphatic carbocycles. The molecule has 0 saturated heterocycles. The molecule has 5 nitrogen and oxygen atoms in total. The van der Waals surface area contributed by atoms with E-state index in [1.54, 1.807) is 0 Å². The van der Waals surface area contributed by atoms with Gasteiger partial charge in [0.2, 0.25) is 0 Å². The van der Waals surface area contributed by atoms with Crippen LogP contribution in [-0.4, -0.2) is 41.6 Å². The van der Waals surface area contributed by atoms with Gasteiger partial charge in [-0.15, -0.1) is 0 Å². The minimum Gasteiger partial charge on any atom is -0.481 e. The summed E-state index contributed by atoms with van der Waals surface area (Å²) >= 11 is 0. The van der Waals surface area contributed by atoms with Gasteiger partial charge < -0.3 is 15.3 Å². The molecular weight excluding hydrogens is 268 g/mol. The average Bonchev–Trinajstić information content (AvgIpc) is 2.34. The molecule has 124 valence electrons. The van der Waals surface area contributed by atoms with Crippen LogP contribution >= 0.6 is 0 Å². The van der Waals surface area contributed by atoms with Gasteiger partial charge in [-0.05, 0) is 30.6 Å². The molecule has 1 unspecified atom stereocenters. The third-order valence-corrected chi connectivity index (χ3v) is 3.36. The molecule has 1 atom stereocenters. The highest BCUT2D eigenvalue weighted by Crippen LogP contribution is 2.07. The lowest BCUT2D eigenvalue weighted by Crippen LogP contribution is -2.43. The highest BCUT2D eigenvalue weighted by Gasteiger charge is 2.16. The number of urea groups is 1. The van der Waals surface area contributed by atoms with Crippen LogP contribution in [0.15, 0.2) is 0 Å². The van der Waals surface area contributed by atoms with Crippen LogP contribution in [-0.2, 0) is 4.79 Å². The number of aliphatic carboxylic acids is 1. The molecule has 0 bridgehead atoms. The lowest BCUT2D eigenvalue weighted by molar-refractivity contribution is -0.137. The van der Waals surface area contributed by atoms with Crippen LogP contribution in [0.2, 0.25) is 0 Å². The Bertz CT molecular complexity index is 305. The predicted molar refractivity (Wildman–Crippen MR) is 85.3 cm³/mol. The Morgan fingerprint density at radius 2 is 1.48 bits per heavy atom. The number of carboxylic acid groups (broad SMARTS) is 1. The predicted octanol–water partition coefficient (Wildman–Crippen LogP) is 3.20. The van der Waals surface area contributed by atoms with Crippen molar-refractivity contribution in [3.8, 4) is 0 Å². The zero-order chi connectivity index (χ0) is 16.4. The Hall–Kier alpha value is -1.26. The van der Waals surface area contributed by atoms with E-state index in [0.717, 1.165) is 25.9 Å². The molecule has 0 radical (unpaired) electrons. The fourth-order valence-electron chi connectivity index (χ4n) is 1.89. The molecule has 21 heavy (non-hydrogen) atoms. The first kappa shape index (κ1) is 19.7. The van der Waals surface area contributed by atoms with Crippen molar-refractivity contribution in [2.75, 3.05) is 19.6 Å². The number of nitrogens with zero attached hydrogens (tertiary/aromatic N) is 1. The number of rotatable bonds is 10. The molecule has 0 saturated carbocycles. The smallest absolute Gasteiger partial charge is 0.317 e. The molecule has 0 fully saturated rings. The van der Waals surface area contributed by atoms with E-state index in [2.05, 4.69) is 33.0 Å². The summed E-state index contributed by atoms with van der Waals surface area (Å²) in [5, 5.41) is 11.6. The van der Waals surface area contributed by atoms with Crippen molar-refractivity contribution in [3.05, 3.63) is 0 Å². The number of carboxylic acids is 1. The average molecular weight is 300 g/mol. The van der Waals surface area contributed by atoms with E-state index >= 15 is 0 Å². The quantitative estimate of drug-likeness (QED) is 0.651. The Kier molecular flexibility index (Phi) is 9.84. The number of carbonyl (C=O) groups is 2. The van der Waals surface area contributed by atoms with E-state index in [9.17, 15) is 9.59 Å². The summed E-state index contributed by atoms with van der Waals surface area (Å²) in [4.78, 5) is 24.7. The van der Waals surface area contributed by atoms with Crippen molar-refractivity contribution in [3.63, 3.8) is 0 Å². The van der Waals surface area contributed by atoms with Gasteiger partial charge in [-0.2, -0.15) is 0 Å². The van der Waals surface area contributed by atoms with Gasteiger partial charge in [-0.3, -0.25) is 4.79 Å². The lowest BCUT2D eigenvalue weighted by atomic mass is 10.1. The van der Waals surface area contributed by atoms with Crippen molar-refractivity contribution in [2.45, 2.75) is 53.9 Å². The molecule has 2 N–H and O–H groups in total. The van der Waals surface area contributed by atoms with Crippen LogP contribution in [0.1, 0.15) is 53.9 Å². The Labute approximate surface area is 129 Å². The molecule has 5 heteroatoms. The monoisotopic (exact) mass is 300 g/mol. The van der Waals surface area contributed by atoms with Crippen molar-refractivity contribution in [1.82, 2.24) is 10.2 Å². The molecular formula is C16H32N2O3. The van der Waals surface area contributed by atoms with Crippen molar-refractivity contribution in [1.29, 1.82) is 0 Å². The molecule has 0 heterocycles. The first-order chi connectivity index (χ1) is 9.72. The van der Waals surface area contributed by atoms with Crippen LogP contribution in [0.4, 0.5) is 4.79 Å². The number of amides is 2. The van der Waals surface area contributed by atoms with E-state index in [-0.39, 0.29) is 18.4 Å². The maximum absolute atomic E-state index is 12.2. The Morgan fingerprint density at radius 3 is 1.86 bits per heavy atom. The summed E-state index contributed by atoms with van der Waals surface area (Å²) in [5.74, 6) is 0.243. The first-order valence-corrected chi connectivity index (χ1v) is 7.96. The van der Waals surface area contributed by atoms with Crippen molar-refractivity contribution >= 4 is 12.0 Å². The zero-order valence-electron chi connectivity index (χ0n) is 14.2. The Morgan fingerprint density at radius 1 is 1.00 bits per heavy atom.